The molecule has 3 aromatic carbocycles. The Labute approximate surface area is 181 Å². The van der Waals surface area contributed by atoms with Gasteiger partial charge in [0.2, 0.25) is 5.43 Å². The molecule has 0 radical (unpaired) electrons. The number of furan rings is 1. The Balaban J connectivity index is 1.53. The highest BCUT2D eigenvalue weighted by Gasteiger charge is 2.17. The highest BCUT2D eigenvalue weighted by molar-refractivity contribution is 6.32. The molecular formula is C24H16ClN3O3. The fourth-order valence-corrected chi connectivity index (χ4v) is 3.78. The number of fused-ring (bicyclic) bond motifs is 3. The van der Waals surface area contributed by atoms with Crippen molar-refractivity contribution in [3.05, 3.63) is 99.4 Å². The van der Waals surface area contributed by atoms with E-state index in [1.54, 1.807) is 37.3 Å². The number of rotatable bonds is 3. The van der Waals surface area contributed by atoms with Crippen molar-refractivity contribution in [3.63, 3.8) is 0 Å². The Morgan fingerprint density at radius 2 is 1.71 bits per heavy atom. The summed E-state index contributed by atoms with van der Waals surface area (Å²) in [5.74, 6) is -0.599. The number of nitrogens with zero attached hydrogens (tertiary/aromatic N) is 2. The van der Waals surface area contributed by atoms with Crippen molar-refractivity contribution >= 4 is 45.1 Å². The summed E-state index contributed by atoms with van der Waals surface area (Å²) in [5.41, 5.74) is 2.49. The molecule has 0 fully saturated rings. The van der Waals surface area contributed by atoms with E-state index in [1.165, 1.54) is 10.7 Å². The van der Waals surface area contributed by atoms with Crippen molar-refractivity contribution in [1.29, 1.82) is 0 Å². The summed E-state index contributed by atoms with van der Waals surface area (Å²) < 4.78 is 7.31. The zero-order valence-electron chi connectivity index (χ0n) is 16.4. The van der Waals surface area contributed by atoms with Crippen LogP contribution in [0.5, 0.6) is 0 Å². The van der Waals surface area contributed by atoms with E-state index < -0.39 is 11.3 Å². The smallest absolute Gasteiger partial charge is 0.280 e. The van der Waals surface area contributed by atoms with Crippen LogP contribution in [0.15, 0.2) is 82.0 Å². The Morgan fingerprint density at radius 1 is 0.968 bits per heavy atom. The lowest BCUT2D eigenvalue weighted by molar-refractivity contribution is 0.101. The number of carbonyl (C=O) groups excluding carboxylic acids is 1. The van der Waals surface area contributed by atoms with Gasteiger partial charge >= 0.3 is 0 Å². The molecule has 1 N–H and O–H groups in total. The molecule has 0 aliphatic heterocycles. The van der Waals surface area contributed by atoms with E-state index >= 15 is 0 Å². The molecule has 0 aliphatic rings. The van der Waals surface area contributed by atoms with Gasteiger partial charge in [-0.25, -0.2) is 4.68 Å². The minimum Gasteiger partial charge on any atom is -0.456 e. The minimum atomic E-state index is -0.599. The number of carbonyl (C=O) groups is 1. The average molecular weight is 430 g/mol. The van der Waals surface area contributed by atoms with Gasteiger partial charge < -0.3 is 9.73 Å². The first kappa shape index (κ1) is 19.1. The maximum atomic E-state index is 12.9. The number of hydrogen-bond donors (Lipinski definition) is 1. The zero-order chi connectivity index (χ0) is 21.5. The third-order valence-electron chi connectivity index (χ3n) is 5.04. The fourth-order valence-electron chi connectivity index (χ4n) is 3.57. The first-order valence-corrected chi connectivity index (χ1v) is 9.97. The molecule has 0 aliphatic carbocycles. The van der Waals surface area contributed by atoms with Crippen LogP contribution in [0.25, 0.3) is 27.6 Å². The summed E-state index contributed by atoms with van der Waals surface area (Å²) in [6.45, 7) is 1.73. The molecular weight excluding hydrogens is 414 g/mol. The molecule has 2 heterocycles. The van der Waals surface area contributed by atoms with Crippen molar-refractivity contribution in [2.75, 3.05) is 5.32 Å². The number of nitrogens with one attached hydrogen (secondary N) is 1. The highest BCUT2D eigenvalue weighted by atomic mass is 35.5. The van der Waals surface area contributed by atoms with Gasteiger partial charge in [-0.3, -0.25) is 9.59 Å². The average Bonchev–Trinajstić information content (AvgIpc) is 3.12. The molecule has 1 amide bonds. The molecule has 5 rings (SSSR count). The number of para-hydroxylation sites is 2. The first-order chi connectivity index (χ1) is 15.0. The quantitative estimate of drug-likeness (QED) is 0.419. The van der Waals surface area contributed by atoms with E-state index in [4.69, 9.17) is 16.0 Å². The normalized spacial score (nSPS) is 11.2. The molecule has 0 unspecified atom stereocenters. The second kappa shape index (κ2) is 7.41. The first-order valence-electron chi connectivity index (χ1n) is 9.60. The maximum Gasteiger partial charge on any atom is 0.280 e. The van der Waals surface area contributed by atoms with E-state index in [0.717, 1.165) is 16.4 Å². The van der Waals surface area contributed by atoms with E-state index in [0.29, 0.717) is 27.7 Å². The molecule has 7 heteroatoms. The lowest BCUT2D eigenvalue weighted by Gasteiger charge is -2.12. The van der Waals surface area contributed by atoms with Crippen LogP contribution < -0.4 is 10.7 Å². The molecule has 31 heavy (non-hydrogen) atoms. The van der Waals surface area contributed by atoms with Gasteiger partial charge in [-0.05, 0) is 43.3 Å². The van der Waals surface area contributed by atoms with Crippen molar-refractivity contribution in [3.8, 4) is 5.69 Å². The van der Waals surface area contributed by atoms with Crippen LogP contribution in [0.2, 0.25) is 5.02 Å². The number of hydrogen-bond acceptors (Lipinski definition) is 4. The minimum absolute atomic E-state index is 0.220. The molecule has 6 nitrogen and oxygen atoms in total. The van der Waals surface area contributed by atoms with E-state index in [1.807, 2.05) is 36.4 Å². The lowest BCUT2D eigenvalue weighted by Crippen LogP contribution is -2.27. The summed E-state index contributed by atoms with van der Waals surface area (Å²) in [6.07, 6.45) is 0. The number of anilines is 1. The van der Waals surface area contributed by atoms with Gasteiger partial charge in [-0.1, -0.05) is 41.9 Å². The molecule has 2 aromatic heterocycles. The van der Waals surface area contributed by atoms with Gasteiger partial charge in [0.05, 0.1) is 10.7 Å². The number of aromatic nitrogens is 2. The van der Waals surface area contributed by atoms with Crippen molar-refractivity contribution in [2.45, 2.75) is 6.92 Å². The van der Waals surface area contributed by atoms with Gasteiger partial charge in [0.1, 0.15) is 11.2 Å². The monoisotopic (exact) mass is 429 g/mol. The third kappa shape index (κ3) is 3.37. The topological polar surface area (TPSA) is 77.1 Å². The second-order valence-corrected chi connectivity index (χ2v) is 7.53. The predicted molar refractivity (Wildman–Crippen MR) is 121 cm³/mol. The SMILES string of the molecule is Cc1cc(=O)c(C(=O)Nc2ccc3oc4ccccc4c3c2)nn1-c1ccccc1Cl. The van der Waals surface area contributed by atoms with Crippen LogP contribution in [0, 0.1) is 6.92 Å². The Kier molecular flexibility index (Phi) is 4.56. The zero-order valence-corrected chi connectivity index (χ0v) is 17.2. The van der Waals surface area contributed by atoms with Crippen LogP contribution in [-0.4, -0.2) is 15.7 Å². The number of halogens is 1. The van der Waals surface area contributed by atoms with Crippen LogP contribution in [0.3, 0.4) is 0 Å². The van der Waals surface area contributed by atoms with Crippen molar-refractivity contribution in [1.82, 2.24) is 9.78 Å². The summed E-state index contributed by atoms with van der Waals surface area (Å²) in [7, 11) is 0. The van der Waals surface area contributed by atoms with Crippen LogP contribution in [0.1, 0.15) is 16.2 Å². The fraction of sp³-hybridized carbons (Fsp3) is 0.0417. The van der Waals surface area contributed by atoms with Gasteiger partial charge in [0, 0.05) is 28.2 Å². The molecule has 5 aromatic rings. The standard InChI is InChI=1S/C24H16ClN3O3/c1-14-12-20(29)23(27-28(14)19-8-4-3-7-18(19)25)24(30)26-15-10-11-22-17(13-15)16-6-2-5-9-21(16)31-22/h2-13H,1H3,(H,26,30). The van der Waals surface area contributed by atoms with Gasteiger partial charge in [-0.15, -0.1) is 0 Å². The van der Waals surface area contributed by atoms with Gasteiger partial charge in [-0.2, -0.15) is 5.10 Å². The Hall–Kier alpha value is -3.90. The Bertz CT molecular complexity index is 1530. The predicted octanol–water partition coefficient (Wildman–Crippen LogP) is 5.35. The van der Waals surface area contributed by atoms with Crippen molar-refractivity contribution < 1.29 is 9.21 Å². The van der Waals surface area contributed by atoms with Crippen LogP contribution >= 0.6 is 11.6 Å². The molecule has 0 bridgehead atoms. The molecule has 0 saturated heterocycles. The lowest BCUT2D eigenvalue weighted by atomic mass is 10.1. The summed E-state index contributed by atoms with van der Waals surface area (Å²) >= 11 is 6.28. The van der Waals surface area contributed by atoms with E-state index in [2.05, 4.69) is 10.4 Å². The number of aryl methyl sites for hydroxylation is 1. The highest BCUT2D eigenvalue weighted by Crippen LogP contribution is 2.30. The van der Waals surface area contributed by atoms with E-state index in [9.17, 15) is 9.59 Å². The summed E-state index contributed by atoms with van der Waals surface area (Å²) in [6, 6.07) is 21.5. The van der Waals surface area contributed by atoms with Crippen LogP contribution in [0.4, 0.5) is 5.69 Å². The third-order valence-corrected chi connectivity index (χ3v) is 5.36. The van der Waals surface area contributed by atoms with E-state index in [-0.39, 0.29) is 5.69 Å². The summed E-state index contributed by atoms with van der Waals surface area (Å²) in [4.78, 5) is 25.4. The van der Waals surface area contributed by atoms with Crippen molar-refractivity contribution in [2.24, 2.45) is 0 Å². The second-order valence-electron chi connectivity index (χ2n) is 7.13. The maximum absolute atomic E-state index is 12.9. The molecule has 152 valence electrons. The summed E-state index contributed by atoms with van der Waals surface area (Å²) in [5, 5.41) is 9.34. The molecule has 0 atom stereocenters. The molecule has 0 saturated carbocycles. The largest absolute Gasteiger partial charge is 0.456 e. The number of benzene rings is 3. The number of amides is 1. The Morgan fingerprint density at radius 3 is 2.55 bits per heavy atom. The van der Waals surface area contributed by atoms with Gasteiger partial charge in [0.25, 0.3) is 5.91 Å². The molecule has 0 spiro atoms. The van der Waals surface area contributed by atoms with Gasteiger partial charge in [0.15, 0.2) is 5.69 Å². The van der Waals surface area contributed by atoms with Crippen LogP contribution in [-0.2, 0) is 0 Å².